The molecular weight excluding hydrogens is 250 g/mol. The van der Waals surface area contributed by atoms with Crippen molar-refractivity contribution in [3.8, 4) is 5.69 Å². The molecule has 1 unspecified atom stereocenters. The number of hydrogen-bond donors (Lipinski definition) is 1. The van der Waals surface area contributed by atoms with E-state index >= 15 is 0 Å². The molecule has 0 saturated carbocycles. The Hall–Kier alpha value is -1.65. The maximum absolute atomic E-state index is 5.23. The van der Waals surface area contributed by atoms with Crippen molar-refractivity contribution in [2.24, 2.45) is 0 Å². The van der Waals surface area contributed by atoms with Crippen LogP contribution in [0.25, 0.3) is 5.69 Å². The van der Waals surface area contributed by atoms with E-state index in [2.05, 4.69) is 35.5 Å². The molecule has 4 heteroatoms. The van der Waals surface area contributed by atoms with Crippen molar-refractivity contribution >= 4 is 0 Å². The zero-order valence-corrected chi connectivity index (χ0v) is 12.2. The molecule has 4 nitrogen and oxygen atoms in total. The van der Waals surface area contributed by atoms with E-state index in [4.69, 9.17) is 4.74 Å². The summed E-state index contributed by atoms with van der Waals surface area (Å²) < 4.78 is 7.14. The number of rotatable bonds is 8. The summed E-state index contributed by atoms with van der Waals surface area (Å²) in [5.74, 6) is 0. The van der Waals surface area contributed by atoms with Crippen LogP contribution in [-0.2, 0) is 11.3 Å². The number of para-hydroxylation sites is 1. The highest BCUT2D eigenvalue weighted by Crippen LogP contribution is 2.07. The third-order valence-electron chi connectivity index (χ3n) is 3.24. The molecular formula is C16H23N3O. The predicted octanol–water partition coefficient (Wildman–Crippen LogP) is 2.78. The van der Waals surface area contributed by atoms with Crippen molar-refractivity contribution in [3.63, 3.8) is 0 Å². The van der Waals surface area contributed by atoms with Gasteiger partial charge in [0, 0.05) is 25.9 Å². The minimum Gasteiger partial charge on any atom is -0.383 e. The molecule has 0 amide bonds. The molecule has 0 radical (unpaired) electrons. The molecule has 0 aliphatic heterocycles. The lowest BCUT2D eigenvalue weighted by atomic mass is 10.2. The Morgan fingerprint density at radius 3 is 2.75 bits per heavy atom. The van der Waals surface area contributed by atoms with Gasteiger partial charge in [-0.1, -0.05) is 31.5 Å². The number of aromatic nitrogens is 2. The highest BCUT2D eigenvalue weighted by molar-refractivity contribution is 5.30. The first-order chi connectivity index (χ1) is 9.83. The molecule has 0 aliphatic rings. The molecule has 0 aliphatic carbocycles. The standard InChI is InChI=1S/C16H23N3O/c1-3-7-15(13-20-2)17-12-14-10-11-19(18-14)16-8-5-4-6-9-16/h4-6,8-11,15,17H,3,7,12-13H2,1-2H3. The zero-order valence-electron chi connectivity index (χ0n) is 12.2. The number of methoxy groups -OCH3 is 1. The maximum atomic E-state index is 5.23. The smallest absolute Gasteiger partial charge is 0.0766 e. The first kappa shape index (κ1) is 14.8. The number of benzene rings is 1. The second-order valence-electron chi connectivity index (χ2n) is 4.91. The summed E-state index contributed by atoms with van der Waals surface area (Å²) in [6.45, 7) is 3.70. The van der Waals surface area contributed by atoms with Crippen LogP contribution in [0.15, 0.2) is 42.6 Å². The van der Waals surface area contributed by atoms with E-state index in [1.54, 1.807) is 7.11 Å². The van der Waals surface area contributed by atoms with Crippen molar-refractivity contribution in [2.45, 2.75) is 32.4 Å². The van der Waals surface area contributed by atoms with Crippen LogP contribution in [0.1, 0.15) is 25.5 Å². The molecule has 1 aromatic carbocycles. The molecule has 20 heavy (non-hydrogen) atoms. The molecule has 2 rings (SSSR count). The Bertz CT molecular complexity index is 489. The van der Waals surface area contributed by atoms with Crippen LogP contribution in [0.4, 0.5) is 0 Å². The highest BCUT2D eigenvalue weighted by Gasteiger charge is 2.08. The van der Waals surface area contributed by atoms with Gasteiger partial charge in [0.1, 0.15) is 0 Å². The van der Waals surface area contributed by atoms with Crippen LogP contribution in [0.3, 0.4) is 0 Å². The Balaban J connectivity index is 1.92. The summed E-state index contributed by atoms with van der Waals surface area (Å²) in [4.78, 5) is 0. The van der Waals surface area contributed by atoms with Crippen LogP contribution in [0.2, 0.25) is 0 Å². The Kier molecular flexibility index (Phi) is 5.77. The summed E-state index contributed by atoms with van der Waals surface area (Å²) in [6, 6.07) is 12.6. The monoisotopic (exact) mass is 273 g/mol. The van der Waals surface area contributed by atoms with Gasteiger partial charge in [-0.25, -0.2) is 4.68 Å². The Labute approximate surface area is 120 Å². The fourth-order valence-corrected chi connectivity index (χ4v) is 2.22. The van der Waals surface area contributed by atoms with E-state index in [1.807, 2.05) is 29.1 Å². The fraction of sp³-hybridized carbons (Fsp3) is 0.438. The normalized spacial score (nSPS) is 12.5. The van der Waals surface area contributed by atoms with Crippen LogP contribution >= 0.6 is 0 Å². The van der Waals surface area contributed by atoms with E-state index in [0.29, 0.717) is 6.04 Å². The van der Waals surface area contributed by atoms with E-state index in [-0.39, 0.29) is 0 Å². The van der Waals surface area contributed by atoms with Gasteiger partial charge < -0.3 is 10.1 Å². The van der Waals surface area contributed by atoms with E-state index < -0.39 is 0 Å². The van der Waals surface area contributed by atoms with Gasteiger partial charge in [-0.3, -0.25) is 0 Å². The quantitative estimate of drug-likeness (QED) is 0.804. The number of ether oxygens (including phenoxy) is 1. The molecule has 0 bridgehead atoms. The van der Waals surface area contributed by atoms with Gasteiger partial charge in [0.25, 0.3) is 0 Å². The van der Waals surface area contributed by atoms with Crippen molar-refractivity contribution in [2.75, 3.05) is 13.7 Å². The molecule has 1 aromatic heterocycles. The summed E-state index contributed by atoms with van der Waals surface area (Å²) in [5, 5.41) is 8.09. The highest BCUT2D eigenvalue weighted by atomic mass is 16.5. The van der Waals surface area contributed by atoms with Crippen molar-refractivity contribution in [1.82, 2.24) is 15.1 Å². The van der Waals surface area contributed by atoms with Crippen molar-refractivity contribution < 1.29 is 4.74 Å². The number of nitrogens with one attached hydrogen (secondary N) is 1. The lowest BCUT2D eigenvalue weighted by Crippen LogP contribution is -2.32. The molecule has 0 fully saturated rings. The third-order valence-corrected chi connectivity index (χ3v) is 3.24. The molecule has 1 atom stereocenters. The Morgan fingerprint density at radius 2 is 2.05 bits per heavy atom. The molecule has 108 valence electrons. The summed E-state index contributed by atoms with van der Waals surface area (Å²) in [7, 11) is 1.74. The SMILES string of the molecule is CCCC(COC)NCc1ccn(-c2ccccc2)n1. The van der Waals surface area contributed by atoms with Gasteiger partial charge in [-0.15, -0.1) is 0 Å². The average molecular weight is 273 g/mol. The number of hydrogen-bond acceptors (Lipinski definition) is 3. The second-order valence-corrected chi connectivity index (χ2v) is 4.91. The van der Waals surface area contributed by atoms with Crippen LogP contribution in [0.5, 0.6) is 0 Å². The van der Waals surface area contributed by atoms with Crippen LogP contribution in [-0.4, -0.2) is 29.5 Å². The van der Waals surface area contributed by atoms with Gasteiger partial charge in [0.2, 0.25) is 0 Å². The molecule has 0 saturated heterocycles. The average Bonchev–Trinajstić information content (AvgIpc) is 2.95. The topological polar surface area (TPSA) is 39.1 Å². The Morgan fingerprint density at radius 1 is 1.25 bits per heavy atom. The lowest BCUT2D eigenvalue weighted by molar-refractivity contribution is 0.161. The minimum absolute atomic E-state index is 0.395. The summed E-state index contributed by atoms with van der Waals surface area (Å²) in [5.41, 5.74) is 2.13. The summed E-state index contributed by atoms with van der Waals surface area (Å²) in [6.07, 6.45) is 4.27. The van der Waals surface area contributed by atoms with E-state index in [1.165, 1.54) is 0 Å². The molecule has 1 N–H and O–H groups in total. The van der Waals surface area contributed by atoms with Crippen LogP contribution in [0, 0.1) is 0 Å². The van der Waals surface area contributed by atoms with E-state index in [0.717, 1.165) is 37.4 Å². The lowest BCUT2D eigenvalue weighted by Gasteiger charge is -2.16. The third kappa shape index (κ3) is 4.18. The predicted molar refractivity (Wildman–Crippen MR) is 81.0 cm³/mol. The second kappa shape index (κ2) is 7.82. The molecule has 2 aromatic rings. The van der Waals surface area contributed by atoms with Gasteiger partial charge in [-0.2, -0.15) is 5.10 Å². The summed E-state index contributed by atoms with van der Waals surface area (Å²) >= 11 is 0. The zero-order chi connectivity index (χ0) is 14.2. The van der Waals surface area contributed by atoms with Crippen molar-refractivity contribution in [3.05, 3.63) is 48.3 Å². The van der Waals surface area contributed by atoms with Gasteiger partial charge in [-0.05, 0) is 24.6 Å². The minimum atomic E-state index is 0.395. The molecule has 0 spiro atoms. The first-order valence-corrected chi connectivity index (χ1v) is 7.15. The largest absolute Gasteiger partial charge is 0.383 e. The van der Waals surface area contributed by atoms with Gasteiger partial charge in [0.05, 0.1) is 18.0 Å². The van der Waals surface area contributed by atoms with Crippen molar-refractivity contribution in [1.29, 1.82) is 0 Å². The molecule has 1 heterocycles. The van der Waals surface area contributed by atoms with Crippen LogP contribution < -0.4 is 5.32 Å². The van der Waals surface area contributed by atoms with E-state index in [9.17, 15) is 0 Å². The first-order valence-electron chi connectivity index (χ1n) is 7.15. The number of nitrogens with zero attached hydrogens (tertiary/aromatic N) is 2. The maximum Gasteiger partial charge on any atom is 0.0766 e. The van der Waals surface area contributed by atoms with Gasteiger partial charge >= 0.3 is 0 Å². The van der Waals surface area contributed by atoms with Gasteiger partial charge in [0.15, 0.2) is 0 Å². The fourth-order valence-electron chi connectivity index (χ4n) is 2.22.